The average molecular weight is 522 g/mol. The number of oxime groups is 1. The van der Waals surface area contributed by atoms with E-state index in [2.05, 4.69) is 15.5 Å². The number of rotatable bonds is 9. The number of esters is 1. The van der Waals surface area contributed by atoms with Crippen LogP contribution in [-0.2, 0) is 33.5 Å². The summed E-state index contributed by atoms with van der Waals surface area (Å²) in [6, 6.07) is -1.07. The van der Waals surface area contributed by atoms with Crippen LogP contribution in [-0.4, -0.2) is 110 Å². The molecule has 6 N–H and O–H groups in total. The number of carbonyl (C=O) groups excluding carboxylic acids is 4. The zero-order chi connectivity index (χ0) is 24.3. The number of hydrogen-bond donors (Lipinski definition) is 4. The Morgan fingerprint density at radius 2 is 2.09 bits per heavy atom. The molecule has 1 fully saturated rings. The van der Waals surface area contributed by atoms with Crippen LogP contribution in [0.1, 0.15) is 12.6 Å². The summed E-state index contributed by atoms with van der Waals surface area (Å²) in [6.07, 6.45) is 0. The number of carbonyl (C=O) groups is 5. The summed E-state index contributed by atoms with van der Waals surface area (Å²) in [4.78, 5) is 69.0. The summed E-state index contributed by atoms with van der Waals surface area (Å²) in [5, 5.41) is 16.5. The molecule has 3 rings (SSSR count). The molecule has 0 spiro atoms. The molecule has 0 unspecified atom stereocenters. The molecule has 14 nitrogen and oxygen atoms in total. The maximum atomic E-state index is 12.8. The first-order valence-corrected chi connectivity index (χ1v) is 11.1. The van der Waals surface area contributed by atoms with Crippen LogP contribution < -0.4 is 16.8 Å². The number of aromatic nitrogens is 1. The van der Waals surface area contributed by atoms with E-state index in [0.29, 0.717) is 0 Å². The minimum atomic E-state index is -1.36. The Morgan fingerprint density at radius 1 is 1.38 bits per heavy atom. The molecule has 3 heterocycles. The van der Waals surface area contributed by atoms with Gasteiger partial charge in [0, 0.05) is 23.6 Å². The third-order valence-electron chi connectivity index (χ3n) is 4.33. The summed E-state index contributed by atoms with van der Waals surface area (Å²) in [5.74, 6) is -4.13. The third kappa shape index (κ3) is 6.06. The van der Waals surface area contributed by atoms with Crippen LogP contribution in [0.5, 0.6) is 0 Å². The molecule has 2 aliphatic rings. The number of carboxylic acids is 1. The molecule has 34 heavy (non-hydrogen) atoms. The van der Waals surface area contributed by atoms with Crippen molar-refractivity contribution in [1.29, 1.82) is 0 Å². The molecule has 0 bridgehead atoms. The van der Waals surface area contributed by atoms with Crippen LogP contribution in [0.25, 0.3) is 0 Å². The molecule has 1 aromatic heterocycles. The molecule has 2 aliphatic heterocycles. The van der Waals surface area contributed by atoms with E-state index in [-0.39, 0.29) is 69.7 Å². The van der Waals surface area contributed by atoms with Gasteiger partial charge in [0.2, 0.25) is 0 Å². The number of aliphatic carboxylic acids is 1. The number of fused-ring (bicyclic) bond motifs is 1. The number of thiazole rings is 1. The van der Waals surface area contributed by atoms with Crippen LogP contribution >= 0.6 is 23.1 Å². The fourth-order valence-electron chi connectivity index (χ4n) is 2.95. The number of nitrogen functional groups attached to an aromatic ring is 1. The monoisotopic (exact) mass is 522 g/mol. The zero-order valence-corrected chi connectivity index (χ0v) is 18.6. The second-order valence-corrected chi connectivity index (χ2v) is 8.64. The van der Waals surface area contributed by atoms with Crippen molar-refractivity contribution in [2.45, 2.75) is 18.3 Å². The van der Waals surface area contributed by atoms with Crippen LogP contribution in [0, 0.1) is 0 Å². The van der Waals surface area contributed by atoms with Crippen LogP contribution in [0.3, 0.4) is 0 Å². The van der Waals surface area contributed by atoms with Crippen molar-refractivity contribution < 1.29 is 38.7 Å². The summed E-state index contributed by atoms with van der Waals surface area (Å²) in [7, 11) is 0. The Morgan fingerprint density at radius 3 is 2.65 bits per heavy atom. The van der Waals surface area contributed by atoms with Gasteiger partial charge in [0.05, 0.1) is 0 Å². The molecule has 0 aliphatic carbocycles. The summed E-state index contributed by atoms with van der Waals surface area (Å²) >= 11 is 2.22. The summed E-state index contributed by atoms with van der Waals surface area (Å²) in [6.45, 7) is 0.321. The van der Waals surface area contributed by atoms with Crippen molar-refractivity contribution in [2.75, 3.05) is 24.7 Å². The van der Waals surface area contributed by atoms with Crippen LogP contribution in [0.15, 0.2) is 21.8 Å². The van der Waals surface area contributed by atoms with Gasteiger partial charge in [-0.3, -0.25) is 24.1 Å². The van der Waals surface area contributed by atoms with Gasteiger partial charge in [-0.15, -0.1) is 23.1 Å². The molecule has 0 saturated carbocycles. The van der Waals surface area contributed by atoms with Gasteiger partial charge in [0.25, 0.3) is 17.7 Å². The van der Waals surface area contributed by atoms with E-state index in [4.69, 9.17) is 21.0 Å². The van der Waals surface area contributed by atoms with E-state index >= 15 is 0 Å². The number of nitrogens with one attached hydrogen (secondary N) is 1. The average Bonchev–Trinajstić information content (AvgIpc) is 3.17. The fraction of sp³-hybridized carbons (Fsp3) is 0.353. The first-order valence-electron chi connectivity index (χ1n) is 9.14. The molecular weight excluding hydrogens is 503 g/mol. The van der Waals surface area contributed by atoms with Gasteiger partial charge in [0.1, 0.15) is 29.4 Å². The number of β-lactam (4-membered cyclic amide) rings is 1. The fourth-order valence-corrected chi connectivity index (χ4v) is 4.83. The van der Waals surface area contributed by atoms with Gasteiger partial charge in [-0.1, -0.05) is 5.16 Å². The molecule has 0 radical (unpaired) electrons. The van der Waals surface area contributed by atoms with Gasteiger partial charge in [0.15, 0.2) is 17.5 Å². The normalized spacial score (nSPS) is 19.4. The number of ether oxygens (including phenoxy) is 1. The van der Waals surface area contributed by atoms with Gasteiger partial charge < -0.3 is 31.5 Å². The minimum absolute atomic E-state index is 0. The number of hydrogen-bond acceptors (Lipinski definition) is 12. The number of nitrogens with two attached hydrogens (primary N) is 2. The first-order chi connectivity index (χ1) is 15.6. The molecule has 1 aromatic rings. The topological polar surface area (TPSA) is 217 Å². The number of amides is 3. The standard InChI is InChI=1S/C17H18N6O8S2.Na.H/c1-6(24)30-2-7-4-32-15-11(14(27)23(15)12(7)16(28)29)21-13(26)10(22-31-3-9(18)25)8-5-33-17(19)20-8;;/h5,11,15H,2-4H2,1H3,(H2,18,25)(H2,19,20)(H,21,26)(H,28,29);;/b22-10-;;/t11-,15-;;/m1../s1. The molecule has 2 atom stereocenters. The maximum absolute atomic E-state index is 12.8. The van der Waals surface area contributed by atoms with E-state index in [1.54, 1.807) is 0 Å². The summed E-state index contributed by atoms with van der Waals surface area (Å²) < 4.78 is 4.87. The van der Waals surface area contributed by atoms with Crippen molar-refractivity contribution in [3.63, 3.8) is 0 Å². The SMILES string of the molecule is CC(=O)OCC1=C(C(=O)O)N2C(=O)[C@@H](NC(=O)/C(=N\OCC(N)=O)c3csc(N)n3)[C@H]2SC1.[NaH]. The predicted octanol–water partition coefficient (Wildman–Crippen LogP) is -2.42. The number of thioether (sulfide) groups is 1. The summed E-state index contributed by atoms with van der Waals surface area (Å²) in [5.41, 5.74) is 10.3. The number of nitrogens with zero attached hydrogens (tertiary/aromatic N) is 3. The van der Waals surface area contributed by atoms with Crippen molar-refractivity contribution in [3.05, 3.63) is 22.3 Å². The second kappa shape index (κ2) is 11.7. The third-order valence-corrected chi connectivity index (χ3v) is 6.34. The molecule has 0 aromatic carbocycles. The van der Waals surface area contributed by atoms with Gasteiger partial charge >= 0.3 is 41.5 Å². The van der Waals surface area contributed by atoms with Gasteiger partial charge in [-0.2, -0.15) is 0 Å². The molecular formula is C17H19N6NaO8S2. The first kappa shape index (κ1) is 27.6. The number of primary amides is 1. The van der Waals surface area contributed by atoms with Crippen molar-refractivity contribution in [2.24, 2.45) is 10.9 Å². The van der Waals surface area contributed by atoms with E-state index in [0.717, 1.165) is 16.2 Å². The van der Waals surface area contributed by atoms with E-state index in [1.807, 2.05) is 0 Å². The van der Waals surface area contributed by atoms with E-state index in [9.17, 15) is 29.1 Å². The van der Waals surface area contributed by atoms with Crippen molar-refractivity contribution >= 4 is 93.2 Å². The van der Waals surface area contributed by atoms with E-state index in [1.165, 1.54) is 24.1 Å². The Bertz CT molecular complexity index is 1090. The van der Waals surface area contributed by atoms with Crippen LogP contribution in [0.4, 0.5) is 5.13 Å². The predicted molar refractivity (Wildman–Crippen MR) is 122 cm³/mol. The van der Waals surface area contributed by atoms with Gasteiger partial charge in [-0.25, -0.2) is 9.78 Å². The second-order valence-electron chi connectivity index (χ2n) is 6.65. The molecule has 178 valence electrons. The zero-order valence-electron chi connectivity index (χ0n) is 17.0. The Balaban J connectivity index is 0.00000408. The molecule has 17 heteroatoms. The quantitative estimate of drug-likeness (QED) is 0.0880. The van der Waals surface area contributed by atoms with E-state index < -0.39 is 47.7 Å². The Kier molecular flexibility index (Phi) is 9.45. The van der Waals surface area contributed by atoms with Crippen molar-refractivity contribution in [3.8, 4) is 0 Å². The number of carboxylic acid groups (broad SMARTS) is 1. The van der Waals surface area contributed by atoms with Crippen molar-refractivity contribution in [1.82, 2.24) is 15.2 Å². The molecule has 1 saturated heterocycles. The molecule has 3 amide bonds. The van der Waals surface area contributed by atoms with Gasteiger partial charge in [-0.05, 0) is 0 Å². The van der Waals surface area contributed by atoms with Crippen LogP contribution in [0.2, 0.25) is 0 Å². The Hall–Kier alpha value is -2.66. The number of anilines is 1. The Labute approximate surface area is 222 Å².